The van der Waals surface area contributed by atoms with E-state index in [2.05, 4.69) is 5.32 Å². The predicted octanol–water partition coefficient (Wildman–Crippen LogP) is 0.425. The lowest BCUT2D eigenvalue weighted by molar-refractivity contribution is -0.123. The van der Waals surface area contributed by atoms with Gasteiger partial charge >= 0.3 is 5.97 Å². The summed E-state index contributed by atoms with van der Waals surface area (Å²) in [6, 6.07) is 5.75. The molecule has 0 aliphatic carbocycles. The molecule has 80 valence electrons. The van der Waals surface area contributed by atoms with Crippen molar-refractivity contribution in [3.05, 3.63) is 41.5 Å². The Kier molecular flexibility index (Phi) is 2.28. The fourth-order valence-electron chi connectivity index (χ4n) is 1.42. The molecular weight excluding hydrogens is 210 g/mol. The Balaban J connectivity index is 2.36. The smallest absolute Gasteiger partial charge is 0.335 e. The molecule has 0 saturated carbocycles. The molecule has 0 bridgehead atoms. The third kappa shape index (κ3) is 1.70. The average molecular weight is 217 g/mol. The normalized spacial score (nSPS) is 14.6. The van der Waals surface area contributed by atoms with Gasteiger partial charge in [0, 0.05) is 6.08 Å². The summed E-state index contributed by atoms with van der Waals surface area (Å²) in [5.74, 6) is -1.96. The maximum absolute atomic E-state index is 11.3. The van der Waals surface area contributed by atoms with Gasteiger partial charge in [-0.2, -0.15) is 0 Å². The molecule has 0 atom stereocenters. The first-order valence-corrected chi connectivity index (χ1v) is 4.48. The summed E-state index contributed by atoms with van der Waals surface area (Å²) in [5.41, 5.74) is 0.907. The third-order valence-electron chi connectivity index (χ3n) is 2.20. The van der Waals surface area contributed by atoms with E-state index in [0.29, 0.717) is 5.56 Å². The summed E-state index contributed by atoms with van der Waals surface area (Å²) in [6.07, 6.45) is 1.19. The SMILES string of the molecule is O=C1C=C(c2ccc(C(=O)O)cc2)C(=O)N1. The van der Waals surface area contributed by atoms with Gasteiger partial charge in [0.2, 0.25) is 0 Å². The Bertz CT molecular complexity index is 513. The number of carbonyl (C=O) groups is 3. The van der Waals surface area contributed by atoms with Gasteiger partial charge in [-0.1, -0.05) is 12.1 Å². The molecule has 1 heterocycles. The van der Waals surface area contributed by atoms with E-state index in [4.69, 9.17) is 5.11 Å². The van der Waals surface area contributed by atoms with Crippen LogP contribution in [-0.2, 0) is 9.59 Å². The second kappa shape index (κ2) is 3.62. The summed E-state index contributed by atoms with van der Waals surface area (Å²) in [6.45, 7) is 0. The largest absolute Gasteiger partial charge is 0.478 e. The van der Waals surface area contributed by atoms with Crippen LogP contribution in [0.4, 0.5) is 0 Å². The summed E-state index contributed by atoms with van der Waals surface area (Å²) < 4.78 is 0. The van der Waals surface area contributed by atoms with Crippen LogP contribution in [0.5, 0.6) is 0 Å². The van der Waals surface area contributed by atoms with Crippen molar-refractivity contribution >= 4 is 23.4 Å². The number of carboxylic acids is 1. The molecule has 0 aromatic heterocycles. The van der Waals surface area contributed by atoms with Crippen molar-refractivity contribution in [2.45, 2.75) is 0 Å². The molecule has 16 heavy (non-hydrogen) atoms. The number of hydrogen-bond donors (Lipinski definition) is 2. The summed E-state index contributed by atoms with van der Waals surface area (Å²) in [5, 5.41) is 10.8. The van der Waals surface area contributed by atoms with Crippen LogP contribution in [0.25, 0.3) is 5.57 Å². The topological polar surface area (TPSA) is 83.5 Å². The second-order valence-electron chi connectivity index (χ2n) is 3.26. The van der Waals surface area contributed by atoms with E-state index in [-0.39, 0.29) is 11.1 Å². The quantitative estimate of drug-likeness (QED) is 0.703. The zero-order valence-electron chi connectivity index (χ0n) is 8.06. The molecule has 5 nitrogen and oxygen atoms in total. The van der Waals surface area contributed by atoms with Crippen LogP contribution in [0.2, 0.25) is 0 Å². The minimum atomic E-state index is -1.03. The number of carbonyl (C=O) groups excluding carboxylic acids is 2. The van der Waals surface area contributed by atoms with Gasteiger partial charge < -0.3 is 5.11 Å². The van der Waals surface area contributed by atoms with E-state index in [1.807, 2.05) is 0 Å². The number of carboxylic acid groups (broad SMARTS) is 1. The second-order valence-corrected chi connectivity index (χ2v) is 3.26. The molecule has 2 rings (SSSR count). The zero-order chi connectivity index (χ0) is 11.7. The molecule has 1 aliphatic rings. The fraction of sp³-hybridized carbons (Fsp3) is 0. The van der Waals surface area contributed by atoms with Crippen molar-refractivity contribution in [1.29, 1.82) is 0 Å². The highest BCUT2D eigenvalue weighted by Gasteiger charge is 2.21. The standard InChI is InChI=1S/C11H7NO4/c13-9-5-8(10(14)12-9)6-1-3-7(4-2-6)11(15)16/h1-5H,(H,15,16)(H,12,13,14). The Morgan fingerprint density at radius 1 is 1.12 bits per heavy atom. The van der Waals surface area contributed by atoms with Crippen LogP contribution >= 0.6 is 0 Å². The number of imide groups is 1. The molecule has 5 heteroatoms. The number of hydrogen-bond acceptors (Lipinski definition) is 3. The van der Waals surface area contributed by atoms with Gasteiger partial charge in [0.15, 0.2) is 0 Å². The van der Waals surface area contributed by atoms with Crippen molar-refractivity contribution in [1.82, 2.24) is 5.32 Å². The van der Waals surface area contributed by atoms with E-state index in [0.717, 1.165) is 0 Å². The van der Waals surface area contributed by atoms with Crippen LogP contribution < -0.4 is 5.32 Å². The first-order valence-electron chi connectivity index (χ1n) is 4.48. The highest BCUT2D eigenvalue weighted by Crippen LogP contribution is 2.18. The first kappa shape index (κ1) is 10.1. The maximum Gasteiger partial charge on any atom is 0.335 e. The van der Waals surface area contributed by atoms with Gasteiger partial charge in [0.25, 0.3) is 11.8 Å². The molecule has 0 spiro atoms. The van der Waals surface area contributed by atoms with Crippen LogP contribution in [-0.4, -0.2) is 22.9 Å². The van der Waals surface area contributed by atoms with Crippen LogP contribution in [0.1, 0.15) is 15.9 Å². The Labute approximate surface area is 90.4 Å². The Morgan fingerprint density at radius 3 is 2.19 bits per heavy atom. The minimum absolute atomic E-state index is 0.133. The minimum Gasteiger partial charge on any atom is -0.478 e. The maximum atomic E-state index is 11.3. The highest BCUT2D eigenvalue weighted by atomic mass is 16.4. The van der Waals surface area contributed by atoms with E-state index in [9.17, 15) is 14.4 Å². The van der Waals surface area contributed by atoms with Gasteiger partial charge in [0.1, 0.15) is 0 Å². The lowest BCUT2D eigenvalue weighted by Crippen LogP contribution is -2.21. The van der Waals surface area contributed by atoms with Gasteiger partial charge in [0.05, 0.1) is 11.1 Å². The lowest BCUT2D eigenvalue weighted by atomic mass is 10.0. The molecule has 0 unspecified atom stereocenters. The van der Waals surface area contributed by atoms with Crippen LogP contribution in [0.3, 0.4) is 0 Å². The van der Waals surface area contributed by atoms with Crippen molar-refractivity contribution in [3.63, 3.8) is 0 Å². The molecule has 0 fully saturated rings. The molecular formula is C11H7NO4. The van der Waals surface area contributed by atoms with Crippen LogP contribution in [0.15, 0.2) is 30.3 Å². The average Bonchev–Trinajstić information content (AvgIpc) is 2.58. The van der Waals surface area contributed by atoms with Gasteiger partial charge in [-0.15, -0.1) is 0 Å². The van der Waals surface area contributed by atoms with E-state index >= 15 is 0 Å². The molecule has 1 aromatic rings. The number of amides is 2. The van der Waals surface area contributed by atoms with Crippen molar-refractivity contribution in [2.24, 2.45) is 0 Å². The summed E-state index contributed by atoms with van der Waals surface area (Å²) in [7, 11) is 0. The lowest BCUT2D eigenvalue weighted by Gasteiger charge is -2.00. The van der Waals surface area contributed by atoms with E-state index < -0.39 is 17.8 Å². The number of benzene rings is 1. The van der Waals surface area contributed by atoms with Gasteiger partial charge in [-0.3, -0.25) is 14.9 Å². The van der Waals surface area contributed by atoms with E-state index in [1.165, 1.54) is 30.3 Å². The molecule has 1 aliphatic heterocycles. The highest BCUT2D eigenvalue weighted by molar-refractivity contribution is 6.33. The Hall–Kier alpha value is -2.43. The van der Waals surface area contributed by atoms with Crippen molar-refractivity contribution in [2.75, 3.05) is 0 Å². The number of aromatic carboxylic acids is 1. The number of rotatable bonds is 2. The first-order chi connectivity index (χ1) is 7.58. The molecule has 0 saturated heterocycles. The van der Waals surface area contributed by atoms with Gasteiger partial charge in [-0.25, -0.2) is 4.79 Å². The molecule has 1 aromatic carbocycles. The third-order valence-corrected chi connectivity index (χ3v) is 2.20. The van der Waals surface area contributed by atoms with E-state index in [1.54, 1.807) is 0 Å². The summed E-state index contributed by atoms with van der Waals surface area (Å²) in [4.78, 5) is 32.8. The van der Waals surface area contributed by atoms with Crippen LogP contribution in [0, 0.1) is 0 Å². The molecule has 0 radical (unpaired) electrons. The Morgan fingerprint density at radius 2 is 1.75 bits per heavy atom. The molecule has 2 N–H and O–H groups in total. The fourth-order valence-corrected chi connectivity index (χ4v) is 1.42. The zero-order valence-corrected chi connectivity index (χ0v) is 8.06. The predicted molar refractivity (Wildman–Crippen MR) is 54.5 cm³/mol. The van der Waals surface area contributed by atoms with Crippen molar-refractivity contribution < 1.29 is 19.5 Å². The molecule has 2 amide bonds. The van der Waals surface area contributed by atoms with Crippen molar-refractivity contribution in [3.8, 4) is 0 Å². The monoisotopic (exact) mass is 217 g/mol. The van der Waals surface area contributed by atoms with Gasteiger partial charge in [-0.05, 0) is 17.7 Å². The summed E-state index contributed by atoms with van der Waals surface area (Å²) >= 11 is 0. The number of nitrogens with one attached hydrogen (secondary N) is 1.